The van der Waals surface area contributed by atoms with E-state index < -0.39 is 30.4 Å². The lowest BCUT2D eigenvalue weighted by molar-refractivity contribution is -0.276. The van der Waals surface area contributed by atoms with Gasteiger partial charge in [0.15, 0.2) is 0 Å². The number of aromatic nitrogens is 1. The molecule has 0 radical (unpaired) electrons. The van der Waals surface area contributed by atoms with E-state index in [1.165, 1.54) is 0 Å². The minimum absolute atomic E-state index is 0.136. The van der Waals surface area contributed by atoms with Gasteiger partial charge in [-0.05, 0) is 6.07 Å². The molecule has 0 atom stereocenters. The van der Waals surface area contributed by atoms with Crippen LogP contribution in [0.1, 0.15) is 11.3 Å². The van der Waals surface area contributed by atoms with Gasteiger partial charge >= 0.3 is 12.3 Å². The van der Waals surface area contributed by atoms with Gasteiger partial charge in [-0.1, -0.05) is 0 Å². The highest BCUT2D eigenvalue weighted by Crippen LogP contribution is 2.29. The fourth-order valence-corrected chi connectivity index (χ4v) is 1.24. The zero-order valence-electron chi connectivity index (χ0n) is 9.82. The number of nitrogens with two attached hydrogens (primary N) is 1. The van der Waals surface area contributed by atoms with Gasteiger partial charge in [-0.25, -0.2) is 4.98 Å². The molecule has 0 bridgehead atoms. The highest BCUT2D eigenvalue weighted by molar-refractivity contribution is 5.72. The van der Waals surface area contributed by atoms with Crippen LogP contribution < -0.4 is 10.5 Å². The molecule has 0 amide bonds. The van der Waals surface area contributed by atoms with E-state index in [2.05, 4.69) is 14.5 Å². The third kappa shape index (κ3) is 4.28. The standard InChI is InChI=1S/C10H11F3N2O4/c1-18-8(17)3-6-7(16)2-5(4-14)9(15-6)19-10(11,12)13/h2,16H,3-4,14H2,1H3. The molecule has 19 heavy (non-hydrogen) atoms. The van der Waals surface area contributed by atoms with E-state index in [0.29, 0.717) is 0 Å². The van der Waals surface area contributed by atoms with E-state index >= 15 is 0 Å². The second kappa shape index (κ2) is 5.74. The molecule has 0 fully saturated rings. The van der Waals surface area contributed by atoms with Crippen molar-refractivity contribution in [2.75, 3.05) is 7.11 Å². The van der Waals surface area contributed by atoms with Crippen molar-refractivity contribution in [2.24, 2.45) is 5.73 Å². The normalized spacial score (nSPS) is 11.2. The zero-order chi connectivity index (χ0) is 14.6. The highest BCUT2D eigenvalue weighted by atomic mass is 19.4. The van der Waals surface area contributed by atoms with Crippen molar-refractivity contribution in [3.05, 3.63) is 17.3 Å². The smallest absolute Gasteiger partial charge is 0.506 e. The number of carbonyl (C=O) groups excluding carboxylic acids is 1. The first-order valence-corrected chi connectivity index (χ1v) is 5.01. The maximum absolute atomic E-state index is 12.2. The topological polar surface area (TPSA) is 94.7 Å². The molecule has 0 aliphatic heterocycles. The summed E-state index contributed by atoms with van der Waals surface area (Å²) in [5, 5.41) is 9.53. The Morgan fingerprint density at radius 2 is 2.16 bits per heavy atom. The largest absolute Gasteiger partial charge is 0.574 e. The van der Waals surface area contributed by atoms with Crippen molar-refractivity contribution in [3.63, 3.8) is 0 Å². The average molecular weight is 280 g/mol. The number of ether oxygens (including phenoxy) is 2. The summed E-state index contributed by atoms with van der Waals surface area (Å²) in [5.74, 6) is -2.02. The fourth-order valence-electron chi connectivity index (χ4n) is 1.24. The Balaban J connectivity index is 3.14. The van der Waals surface area contributed by atoms with Crippen LogP contribution in [0.15, 0.2) is 6.07 Å². The summed E-state index contributed by atoms with van der Waals surface area (Å²) in [5.41, 5.74) is 4.80. The quantitative estimate of drug-likeness (QED) is 0.794. The Morgan fingerprint density at radius 1 is 1.53 bits per heavy atom. The number of hydrogen-bond acceptors (Lipinski definition) is 6. The number of halogens is 3. The summed E-state index contributed by atoms with van der Waals surface area (Å²) < 4.78 is 44.5. The van der Waals surface area contributed by atoms with Gasteiger partial charge in [-0.3, -0.25) is 4.79 Å². The molecule has 0 saturated carbocycles. The molecule has 1 heterocycles. The van der Waals surface area contributed by atoms with E-state index in [1.54, 1.807) is 0 Å². The number of esters is 1. The van der Waals surface area contributed by atoms with Crippen molar-refractivity contribution < 1.29 is 32.5 Å². The molecular weight excluding hydrogens is 269 g/mol. The molecule has 0 aromatic carbocycles. The van der Waals surface area contributed by atoms with Crippen LogP contribution in [0.4, 0.5) is 13.2 Å². The van der Waals surface area contributed by atoms with Crippen LogP contribution in [0.25, 0.3) is 0 Å². The van der Waals surface area contributed by atoms with E-state index in [1.807, 2.05) is 0 Å². The molecule has 0 aliphatic carbocycles. The number of aromatic hydroxyl groups is 1. The van der Waals surface area contributed by atoms with E-state index in [4.69, 9.17) is 5.73 Å². The number of alkyl halides is 3. The van der Waals surface area contributed by atoms with Gasteiger partial charge in [0, 0.05) is 12.1 Å². The van der Waals surface area contributed by atoms with Crippen molar-refractivity contribution in [1.82, 2.24) is 4.98 Å². The minimum atomic E-state index is -4.95. The lowest BCUT2D eigenvalue weighted by atomic mass is 10.2. The van der Waals surface area contributed by atoms with Crippen LogP contribution in [0, 0.1) is 0 Å². The summed E-state index contributed by atoms with van der Waals surface area (Å²) in [4.78, 5) is 14.5. The molecule has 0 aliphatic rings. The number of hydrogen-bond donors (Lipinski definition) is 2. The molecule has 0 saturated heterocycles. The summed E-state index contributed by atoms with van der Waals surface area (Å²) in [6, 6.07) is 0.965. The SMILES string of the molecule is COC(=O)Cc1nc(OC(F)(F)F)c(CN)cc1O. The predicted octanol–water partition coefficient (Wildman–Crippen LogP) is 0.860. The second-order valence-corrected chi connectivity index (χ2v) is 3.42. The number of nitrogens with zero attached hydrogens (tertiary/aromatic N) is 1. The van der Waals surface area contributed by atoms with Gasteiger partial charge in [0.1, 0.15) is 5.75 Å². The molecule has 6 nitrogen and oxygen atoms in total. The summed E-state index contributed by atoms with van der Waals surface area (Å²) in [7, 11) is 1.10. The lowest BCUT2D eigenvalue weighted by Gasteiger charge is -2.13. The number of carbonyl (C=O) groups is 1. The second-order valence-electron chi connectivity index (χ2n) is 3.42. The number of pyridine rings is 1. The Hall–Kier alpha value is -2.03. The lowest BCUT2D eigenvalue weighted by Crippen LogP contribution is -2.20. The Labute approximate surface area is 105 Å². The van der Waals surface area contributed by atoms with E-state index in [0.717, 1.165) is 13.2 Å². The average Bonchev–Trinajstić information content (AvgIpc) is 2.30. The van der Waals surface area contributed by atoms with Crippen LogP contribution in [-0.2, 0) is 22.5 Å². The molecule has 0 spiro atoms. The maximum atomic E-state index is 12.2. The van der Waals surface area contributed by atoms with E-state index in [-0.39, 0.29) is 17.8 Å². The molecule has 3 N–H and O–H groups in total. The van der Waals surface area contributed by atoms with Crippen molar-refractivity contribution >= 4 is 5.97 Å². The third-order valence-corrected chi connectivity index (χ3v) is 2.09. The van der Waals surface area contributed by atoms with Crippen molar-refractivity contribution in [2.45, 2.75) is 19.3 Å². The Morgan fingerprint density at radius 3 is 2.63 bits per heavy atom. The van der Waals surface area contributed by atoms with Gasteiger partial charge in [-0.2, -0.15) is 0 Å². The van der Waals surface area contributed by atoms with Gasteiger partial charge in [-0.15, -0.1) is 13.2 Å². The third-order valence-electron chi connectivity index (χ3n) is 2.09. The monoisotopic (exact) mass is 280 g/mol. The van der Waals surface area contributed by atoms with Crippen molar-refractivity contribution in [1.29, 1.82) is 0 Å². The Kier molecular flexibility index (Phi) is 4.54. The van der Waals surface area contributed by atoms with Gasteiger partial charge in [0.25, 0.3) is 0 Å². The first kappa shape index (κ1) is 15.0. The summed E-state index contributed by atoms with van der Waals surface area (Å²) >= 11 is 0. The van der Waals surface area contributed by atoms with Gasteiger partial charge < -0.3 is 20.3 Å². The molecule has 1 aromatic heterocycles. The van der Waals surface area contributed by atoms with Gasteiger partial charge in [0.05, 0.1) is 19.2 Å². The summed E-state index contributed by atoms with van der Waals surface area (Å²) in [6.45, 7) is -0.315. The molecule has 1 aromatic rings. The van der Waals surface area contributed by atoms with Crippen LogP contribution >= 0.6 is 0 Å². The van der Waals surface area contributed by atoms with Crippen LogP contribution in [0.2, 0.25) is 0 Å². The Bertz CT molecular complexity index is 477. The number of rotatable bonds is 4. The number of methoxy groups -OCH3 is 1. The molecule has 9 heteroatoms. The molecular formula is C10H11F3N2O4. The van der Waals surface area contributed by atoms with E-state index in [9.17, 15) is 23.1 Å². The van der Waals surface area contributed by atoms with Gasteiger partial charge in [0.2, 0.25) is 5.88 Å². The maximum Gasteiger partial charge on any atom is 0.574 e. The van der Waals surface area contributed by atoms with Crippen LogP contribution in [-0.4, -0.2) is 29.5 Å². The molecule has 106 valence electrons. The molecule has 1 rings (SSSR count). The van der Waals surface area contributed by atoms with Crippen molar-refractivity contribution in [3.8, 4) is 11.6 Å². The summed E-state index contributed by atoms with van der Waals surface area (Å²) in [6.07, 6.45) is -5.43. The first-order valence-electron chi connectivity index (χ1n) is 5.01. The molecule has 0 unspecified atom stereocenters. The van der Waals surface area contributed by atoms with Crippen LogP contribution in [0.5, 0.6) is 11.6 Å². The predicted molar refractivity (Wildman–Crippen MR) is 56.2 cm³/mol. The zero-order valence-corrected chi connectivity index (χ0v) is 9.82. The minimum Gasteiger partial charge on any atom is -0.506 e. The fraction of sp³-hybridized carbons (Fsp3) is 0.400. The van der Waals surface area contributed by atoms with Crippen LogP contribution in [0.3, 0.4) is 0 Å². The highest BCUT2D eigenvalue weighted by Gasteiger charge is 2.33. The first-order chi connectivity index (χ1) is 8.76.